The van der Waals surface area contributed by atoms with Crippen molar-refractivity contribution in [3.05, 3.63) is 65.0 Å². The van der Waals surface area contributed by atoms with Gasteiger partial charge in [-0.15, -0.1) is 0 Å². The van der Waals surface area contributed by atoms with Crippen LogP contribution in [0.25, 0.3) is 5.52 Å². The van der Waals surface area contributed by atoms with Gasteiger partial charge < -0.3 is 24.9 Å². The summed E-state index contributed by atoms with van der Waals surface area (Å²) >= 11 is 6.13. The molecule has 0 atom stereocenters. The van der Waals surface area contributed by atoms with Gasteiger partial charge in [0, 0.05) is 0 Å². The van der Waals surface area contributed by atoms with Gasteiger partial charge in [0.1, 0.15) is 25.6 Å². The van der Waals surface area contributed by atoms with Gasteiger partial charge in [-0.2, -0.15) is 17.6 Å². The van der Waals surface area contributed by atoms with Gasteiger partial charge in [0.15, 0.2) is 5.82 Å². The van der Waals surface area contributed by atoms with Gasteiger partial charge >= 0.3 is 17.9 Å². The van der Waals surface area contributed by atoms with Crippen molar-refractivity contribution >= 4 is 34.7 Å². The Hall–Kier alpha value is -3.22. The number of fused-ring (bicyclic) bond motifs is 1. The number of benzene rings is 1. The average Bonchev–Trinajstić information content (AvgIpc) is 3.15. The van der Waals surface area contributed by atoms with E-state index in [2.05, 4.69) is 10.3 Å². The molecule has 0 spiro atoms. The van der Waals surface area contributed by atoms with Gasteiger partial charge in [-0.1, -0.05) is 23.7 Å². The molecule has 1 aliphatic heterocycles. The molecule has 4 rings (SSSR count). The van der Waals surface area contributed by atoms with E-state index in [1.165, 1.54) is 11.0 Å². The minimum Gasteiger partial charge on any atom is -0.542 e. The summed E-state index contributed by atoms with van der Waals surface area (Å²) in [5.41, 5.74) is 1.58. The number of nitrogens with one attached hydrogen (secondary N) is 3. The van der Waals surface area contributed by atoms with E-state index in [1.807, 2.05) is 0 Å². The molecule has 0 saturated carbocycles. The summed E-state index contributed by atoms with van der Waals surface area (Å²) in [5.74, 6) is -3.50. The summed E-state index contributed by atoms with van der Waals surface area (Å²) < 4.78 is 53.0. The van der Waals surface area contributed by atoms with E-state index in [0.29, 0.717) is 41.7 Å². The number of carboxylic acid groups (broad SMARTS) is 1. The van der Waals surface area contributed by atoms with Crippen molar-refractivity contribution < 1.29 is 46.3 Å². The molecule has 1 amide bonds. The molecule has 3 N–H and O–H groups in total. The summed E-state index contributed by atoms with van der Waals surface area (Å²) in [6.45, 7) is 3.65. The predicted octanol–water partition coefficient (Wildman–Crippen LogP) is 0.512. The van der Waals surface area contributed by atoms with Crippen LogP contribution >= 0.6 is 11.6 Å². The van der Waals surface area contributed by atoms with Crippen LogP contribution in [0.3, 0.4) is 0 Å². The summed E-state index contributed by atoms with van der Waals surface area (Å²) in [7, 11) is 0. The van der Waals surface area contributed by atoms with Crippen molar-refractivity contribution in [3.63, 3.8) is 0 Å². The lowest BCUT2D eigenvalue weighted by Gasteiger charge is -2.22. The average molecular weight is 504 g/mol. The molecule has 13 heteroatoms. The molecule has 0 aliphatic carbocycles. The first-order valence-corrected chi connectivity index (χ1v) is 10.4. The molecule has 2 aromatic heterocycles. The van der Waals surface area contributed by atoms with E-state index < -0.39 is 12.1 Å². The largest absolute Gasteiger partial charge is 0.542 e. The predicted molar refractivity (Wildman–Crippen MR) is 110 cm³/mol. The van der Waals surface area contributed by atoms with Crippen molar-refractivity contribution in [1.29, 1.82) is 0 Å². The Bertz CT molecular complexity index is 1180. The molecule has 34 heavy (non-hydrogen) atoms. The Labute approximate surface area is 195 Å². The highest BCUT2D eigenvalue weighted by Gasteiger charge is 2.30. The molecule has 0 unspecified atom stereocenters. The lowest BCUT2D eigenvalue weighted by atomic mass is 10.3. The van der Waals surface area contributed by atoms with E-state index in [-0.39, 0.29) is 17.5 Å². The number of pyridine rings is 1. The maximum atomic E-state index is 14.5. The van der Waals surface area contributed by atoms with Crippen molar-refractivity contribution in [1.82, 2.24) is 4.98 Å². The Morgan fingerprint density at radius 1 is 1.18 bits per heavy atom. The number of morpholine rings is 1. The quantitative estimate of drug-likeness (QED) is 0.357. The zero-order chi connectivity index (χ0) is 24.9. The number of ether oxygens (including phenoxy) is 1. The van der Waals surface area contributed by atoms with Crippen molar-refractivity contribution in [2.75, 3.05) is 31.6 Å². The number of para-hydroxylation sites is 1. The number of carbonyl (C=O) groups is 2. The lowest BCUT2D eigenvalue weighted by Crippen LogP contribution is -3.12. The second-order valence-electron chi connectivity index (χ2n) is 7.29. The fraction of sp³-hybridized carbons (Fsp3) is 0.286. The van der Waals surface area contributed by atoms with Gasteiger partial charge in [-0.3, -0.25) is 4.79 Å². The number of carbonyl (C=O) groups excluding carboxylic acids is 2. The summed E-state index contributed by atoms with van der Waals surface area (Å²) in [4.78, 5) is 26.0. The number of anilines is 1. The van der Waals surface area contributed by atoms with Crippen LogP contribution < -0.4 is 19.7 Å². The second kappa shape index (κ2) is 10.8. The number of carboxylic acids is 1. The van der Waals surface area contributed by atoms with Crippen LogP contribution in [0.1, 0.15) is 16.3 Å². The van der Waals surface area contributed by atoms with Crippen molar-refractivity contribution in [3.8, 4) is 0 Å². The lowest BCUT2D eigenvalue weighted by molar-refractivity contribution is -0.921. The smallest absolute Gasteiger partial charge is 0.430 e. The Balaban J connectivity index is 0.000000406. The van der Waals surface area contributed by atoms with E-state index >= 15 is 0 Å². The fourth-order valence-electron chi connectivity index (χ4n) is 3.35. The highest BCUT2D eigenvalue weighted by Crippen LogP contribution is 2.21. The topological polar surface area (TPSA) is 103 Å². The number of aliphatic carboxylic acids is 1. The Kier molecular flexibility index (Phi) is 8.07. The van der Waals surface area contributed by atoms with Crippen molar-refractivity contribution in [2.45, 2.75) is 12.7 Å². The van der Waals surface area contributed by atoms with Crippen LogP contribution in [-0.4, -0.2) is 49.3 Å². The van der Waals surface area contributed by atoms with Crippen LogP contribution in [0, 0.1) is 5.82 Å². The van der Waals surface area contributed by atoms with E-state index in [1.54, 1.807) is 40.9 Å². The number of rotatable bonds is 4. The molecule has 0 radical (unpaired) electrons. The van der Waals surface area contributed by atoms with Crippen LogP contribution in [0.2, 0.25) is 5.02 Å². The van der Waals surface area contributed by atoms with Crippen molar-refractivity contribution in [2.24, 2.45) is 0 Å². The molecule has 3 heterocycles. The highest BCUT2D eigenvalue weighted by atomic mass is 35.5. The molecule has 1 fully saturated rings. The summed E-state index contributed by atoms with van der Waals surface area (Å²) in [6, 6.07) is 9.97. The molecular formula is C21H20ClF4N4O4+. The fourth-order valence-corrected chi connectivity index (χ4v) is 3.53. The van der Waals surface area contributed by atoms with Crippen LogP contribution in [0.4, 0.5) is 23.2 Å². The summed E-state index contributed by atoms with van der Waals surface area (Å²) in [5, 5.41) is 12.0. The number of aromatic amines is 1. The zero-order valence-corrected chi connectivity index (χ0v) is 18.3. The number of halogens is 5. The third-order valence-electron chi connectivity index (χ3n) is 4.94. The Morgan fingerprint density at radius 2 is 1.82 bits per heavy atom. The van der Waals surface area contributed by atoms with Crippen LogP contribution in [0.5, 0.6) is 0 Å². The first-order chi connectivity index (χ1) is 16.1. The third-order valence-corrected chi connectivity index (χ3v) is 5.27. The van der Waals surface area contributed by atoms with E-state index in [0.717, 1.165) is 13.1 Å². The van der Waals surface area contributed by atoms with Gasteiger partial charge in [0.25, 0.3) is 0 Å². The molecule has 182 valence electrons. The number of imidazole rings is 1. The monoisotopic (exact) mass is 503 g/mol. The van der Waals surface area contributed by atoms with Crippen LogP contribution in [0.15, 0.2) is 42.6 Å². The maximum Gasteiger partial charge on any atom is 0.430 e. The molecule has 3 aromatic rings. The first kappa shape index (κ1) is 25.4. The standard InChI is InChI=1S/C19H18ClFN4O2.C2HF3O2/c20-13-4-1-2-6-15(13)23-19(26)18-22-16(12-24-8-10-27-11-9-24)17-14(21)5-3-7-25(17)18;3-2(4,5)1(6)7/h1-7H,8-12H2,(H,23,26);(H,6,7)/p+1. The zero-order valence-electron chi connectivity index (χ0n) is 17.5. The van der Waals surface area contributed by atoms with E-state index in [4.69, 9.17) is 26.2 Å². The molecule has 1 saturated heterocycles. The van der Waals surface area contributed by atoms with Gasteiger partial charge in [-0.25, -0.2) is 9.37 Å². The number of hydrogen-bond acceptors (Lipinski definition) is 4. The van der Waals surface area contributed by atoms with Crippen LogP contribution in [-0.2, 0) is 16.1 Å². The number of hydrogen-bond donors (Lipinski definition) is 3. The molecule has 8 nitrogen and oxygen atoms in total. The van der Waals surface area contributed by atoms with Gasteiger partial charge in [-0.05, 0) is 24.3 Å². The van der Waals surface area contributed by atoms with Gasteiger partial charge in [0.2, 0.25) is 11.2 Å². The molecule has 1 aliphatic rings. The minimum atomic E-state index is -5.19. The van der Waals surface area contributed by atoms with E-state index in [9.17, 15) is 22.4 Å². The number of amides is 1. The summed E-state index contributed by atoms with van der Waals surface area (Å²) in [6.07, 6.45) is -3.52. The first-order valence-electron chi connectivity index (χ1n) is 10.0. The number of quaternary nitrogens is 1. The van der Waals surface area contributed by atoms with Gasteiger partial charge in [0.05, 0.1) is 30.1 Å². The maximum absolute atomic E-state index is 14.5. The molecule has 0 bridgehead atoms. The molecular weight excluding hydrogens is 484 g/mol. The number of nitrogens with zero attached hydrogens (tertiary/aromatic N) is 1. The number of alkyl halides is 3. The number of aromatic nitrogens is 2. The second-order valence-corrected chi connectivity index (χ2v) is 7.69. The highest BCUT2D eigenvalue weighted by molar-refractivity contribution is 6.33. The Morgan fingerprint density at radius 3 is 2.44 bits per heavy atom. The SMILES string of the molecule is O=C(Nc1ccccc1Cl)c1[nH]c(C[NH+]2CCOCC2)c2c(F)ccc[n+]12.O=C([O-])C(F)(F)F. The normalized spacial score (nSPS) is 14.4. The minimum absolute atomic E-state index is 0.257. The molecule has 1 aromatic carbocycles. The number of H-pyrrole nitrogens is 1. The third kappa shape index (κ3) is 6.22.